The SMILES string of the molecule is CC(C)c1ccc(N2CC(CS(C)(=O)=O)C2)c2cnc(Nc3ccnc(N4CC[C@](C)(O)[C@](C)(F)C4)n3)cc12. The van der Waals surface area contributed by atoms with Gasteiger partial charge in [0.25, 0.3) is 0 Å². The summed E-state index contributed by atoms with van der Waals surface area (Å²) in [5, 5.41) is 15.8. The molecule has 0 spiro atoms. The summed E-state index contributed by atoms with van der Waals surface area (Å²) in [5.41, 5.74) is -0.938. The molecule has 1 aromatic carbocycles. The van der Waals surface area contributed by atoms with Crippen molar-refractivity contribution in [3.05, 3.63) is 42.2 Å². The molecule has 2 aliphatic rings. The number of alkyl halides is 1. The molecule has 5 rings (SSSR count). The molecule has 2 N–H and O–H groups in total. The fourth-order valence-corrected chi connectivity index (χ4v) is 6.55. The summed E-state index contributed by atoms with van der Waals surface area (Å²) >= 11 is 0. The molecule has 2 atom stereocenters. The molecule has 4 heterocycles. The lowest BCUT2D eigenvalue weighted by Crippen LogP contribution is -2.59. The Balaban J connectivity index is 1.39. The van der Waals surface area contributed by atoms with E-state index in [4.69, 9.17) is 0 Å². The first-order chi connectivity index (χ1) is 18.2. The van der Waals surface area contributed by atoms with Crippen LogP contribution in [0.3, 0.4) is 0 Å². The van der Waals surface area contributed by atoms with Gasteiger partial charge in [-0.05, 0) is 55.3 Å². The largest absolute Gasteiger partial charge is 0.387 e. The van der Waals surface area contributed by atoms with E-state index < -0.39 is 21.1 Å². The van der Waals surface area contributed by atoms with Crippen LogP contribution in [0.15, 0.2) is 36.7 Å². The Morgan fingerprint density at radius 1 is 1.13 bits per heavy atom. The molecule has 0 amide bonds. The first-order valence-corrected chi connectivity index (χ1v) is 15.4. The van der Waals surface area contributed by atoms with E-state index in [0.717, 1.165) is 16.5 Å². The highest BCUT2D eigenvalue weighted by Crippen LogP contribution is 2.38. The third-order valence-electron chi connectivity index (χ3n) is 8.03. The zero-order chi connectivity index (χ0) is 28.2. The van der Waals surface area contributed by atoms with Crippen molar-refractivity contribution in [1.29, 1.82) is 0 Å². The molecule has 2 saturated heterocycles. The molecular weight excluding hydrogens is 519 g/mol. The lowest BCUT2D eigenvalue weighted by molar-refractivity contribution is -0.0924. The highest BCUT2D eigenvalue weighted by atomic mass is 32.2. The second kappa shape index (κ2) is 9.85. The van der Waals surface area contributed by atoms with E-state index in [1.807, 2.05) is 12.3 Å². The molecular formula is C28H37FN6O3S. The second-order valence-electron chi connectivity index (χ2n) is 11.8. The Hall–Kier alpha value is -3.05. The van der Waals surface area contributed by atoms with Gasteiger partial charge >= 0.3 is 0 Å². The molecule has 0 unspecified atom stereocenters. The van der Waals surface area contributed by atoms with Gasteiger partial charge in [-0.25, -0.2) is 22.8 Å². The van der Waals surface area contributed by atoms with Crippen LogP contribution in [-0.2, 0) is 9.84 Å². The maximum absolute atomic E-state index is 15.1. The number of aliphatic hydroxyl groups is 1. The third-order valence-corrected chi connectivity index (χ3v) is 9.11. The lowest BCUT2D eigenvalue weighted by Gasteiger charge is -2.45. The van der Waals surface area contributed by atoms with Gasteiger partial charge in [-0.15, -0.1) is 0 Å². The van der Waals surface area contributed by atoms with Crippen molar-refractivity contribution in [1.82, 2.24) is 15.0 Å². The molecule has 210 valence electrons. The molecule has 0 radical (unpaired) electrons. The van der Waals surface area contributed by atoms with E-state index >= 15 is 4.39 Å². The van der Waals surface area contributed by atoms with Crippen LogP contribution >= 0.6 is 0 Å². The van der Waals surface area contributed by atoms with E-state index in [-0.39, 0.29) is 24.6 Å². The Kier molecular flexibility index (Phi) is 6.95. The molecule has 0 bridgehead atoms. The van der Waals surface area contributed by atoms with Gasteiger partial charge in [0.1, 0.15) is 21.5 Å². The number of nitrogens with one attached hydrogen (secondary N) is 1. The van der Waals surface area contributed by atoms with E-state index in [0.29, 0.717) is 43.1 Å². The average molecular weight is 557 g/mol. The van der Waals surface area contributed by atoms with Crippen LogP contribution in [0.25, 0.3) is 10.8 Å². The van der Waals surface area contributed by atoms with Gasteiger partial charge in [-0.3, -0.25) is 0 Å². The summed E-state index contributed by atoms with van der Waals surface area (Å²) in [7, 11) is -3.00. The number of hydrogen-bond acceptors (Lipinski definition) is 9. The Morgan fingerprint density at radius 2 is 1.87 bits per heavy atom. The highest BCUT2D eigenvalue weighted by molar-refractivity contribution is 7.90. The summed E-state index contributed by atoms with van der Waals surface area (Å²) in [4.78, 5) is 17.6. The van der Waals surface area contributed by atoms with Crippen LogP contribution in [0.5, 0.6) is 0 Å². The van der Waals surface area contributed by atoms with Gasteiger partial charge in [0.2, 0.25) is 5.95 Å². The smallest absolute Gasteiger partial charge is 0.227 e. The Bertz CT molecular complexity index is 1490. The van der Waals surface area contributed by atoms with Crippen molar-refractivity contribution in [2.45, 2.75) is 51.3 Å². The minimum absolute atomic E-state index is 0.000252. The molecule has 39 heavy (non-hydrogen) atoms. The Morgan fingerprint density at radius 3 is 2.54 bits per heavy atom. The maximum Gasteiger partial charge on any atom is 0.227 e. The lowest BCUT2D eigenvalue weighted by atomic mass is 9.81. The number of fused-ring (bicyclic) bond motifs is 1. The van der Waals surface area contributed by atoms with Crippen molar-refractivity contribution in [3.8, 4) is 0 Å². The van der Waals surface area contributed by atoms with Crippen molar-refractivity contribution in [2.24, 2.45) is 5.92 Å². The van der Waals surface area contributed by atoms with Gasteiger partial charge in [0, 0.05) is 55.3 Å². The number of halogens is 1. The van der Waals surface area contributed by atoms with Crippen molar-refractivity contribution >= 4 is 43.9 Å². The predicted octanol–water partition coefficient (Wildman–Crippen LogP) is 4.06. The van der Waals surface area contributed by atoms with Crippen LogP contribution < -0.4 is 15.1 Å². The van der Waals surface area contributed by atoms with Crippen molar-refractivity contribution in [3.63, 3.8) is 0 Å². The number of nitrogens with zero attached hydrogens (tertiary/aromatic N) is 5. The fourth-order valence-electron chi connectivity index (χ4n) is 5.49. The Labute approximate surface area is 229 Å². The van der Waals surface area contributed by atoms with E-state index in [1.165, 1.54) is 25.7 Å². The number of rotatable bonds is 7. The molecule has 2 fully saturated rings. The monoisotopic (exact) mass is 556 g/mol. The van der Waals surface area contributed by atoms with Crippen LogP contribution in [0, 0.1) is 5.92 Å². The van der Waals surface area contributed by atoms with Crippen LogP contribution in [0.2, 0.25) is 0 Å². The number of piperidine rings is 1. The molecule has 2 aliphatic heterocycles. The molecule has 11 heteroatoms. The molecule has 2 aromatic heterocycles. The van der Waals surface area contributed by atoms with E-state index in [9.17, 15) is 13.5 Å². The summed E-state index contributed by atoms with van der Waals surface area (Å²) in [6, 6.07) is 8.00. The second-order valence-corrected chi connectivity index (χ2v) is 14.0. The minimum Gasteiger partial charge on any atom is -0.387 e. The van der Waals surface area contributed by atoms with Gasteiger partial charge < -0.3 is 20.2 Å². The van der Waals surface area contributed by atoms with E-state index in [1.54, 1.807) is 17.2 Å². The summed E-state index contributed by atoms with van der Waals surface area (Å²) in [6.07, 6.45) is 5.05. The molecule has 0 saturated carbocycles. The average Bonchev–Trinajstić information content (AvgIpc) is 2.82. The zero-order valence-electron chi connectivity index (χ0n) is 23.1. The van der Waals surface area contributed by atoms with Crippen LogP contribution in [0.4, 0.5) is 27.7 Å². The quantitative estimate of drug-likeness (QED) is 0.445. The van der Waals surface area contributed by atoms with Gasteiger partial charge in [-0.1, -0.05) is 19.9 Å². The maximum atomic E-state index is 15.1. The number of benzene rings is 1. The number of anilines is 4. The first-order valence-electron chi connectivity index (χ1n) is 13.3. The standard InChI is InChI=1S/C28H37FN6O3S/c1-18(2)20-6-7-23(35-14-19(15-35)16-39(5,37)38)22-13-31-25(12-21(20)22)32-24-8-10-30-26(33-24)34-11-9-28(4,36)27(3,29)17-34/h6-8,10,12-13,18-19,36H,9,11,14-17H2,1-5H3,(H,30,31,32,33)/t27-,28+/m1/s1. The van der Waals surface area contributed by atoms with E-state index in [2.05, 4.69) is 51.1 Å². The highest BCUT2D eigenvalue weighted by Gasteiger charge is 2.48. The first kappa shape index (κ1) is 27.5. The van der Waals surface area contributed by atoms with Crippen molar-refractivity contribution in [2.75, 3.05) is 53.3 Å². The van der Waals surface area contributed by atoms with Crippen LogP contribution in [-0.4, -0.2) is 77.9 Å². The fraction of sp³-hybridized carbons (Fsp3) is 0.536. The number of sulfone groups is 1. The number of hydrogen-bond donors (Lipinski definition) is 2. The van der Waals surface area contributed by atoms with Gasteiger partial charge in [-0.2, -0.15) is 4.98 Å². The van der Waals surface area contributed by atoms with Gasteiger partial charge in [0.15, 0.2) is 5.67 Å². The molecule has 0 aliphatic carbocycles. The van der Waals surface area contributed by atoms with Crippen LogP contribution in [0.1, 0.15) is 45.6 Å². The number of pyridine rings is 1. The van der Waals surface area contributed by atoms with Crippen molar-refractivity contribution < 1.29 is 17.9 Å². The topological polar surface area (TPSA) is 112 Å². The summed E-state index contributed by atoms with van der Waals surface area (Å²) in [5.74, 6) is 2.21. The molecule has 9 nitrogen and oxygen atoms in total. The number of aromatic nitrogens is 3. The summed E-state index contributed by atoms with van der Waals surface area (Å²) < 4.78 is 38.5. The minimum atomic E-state index is -3.00. The predicted molar refractivity (Wildman–Crippen MR) is 154 cm³/mol. The normalized spacial score (nSPS) is 24.3. The van der Waals surface area contributed by atoms with Gasteiger partial charge in [0.05, 0.1) is 17.9 Å². The molecule has 3 aromatic rings. The third kappa shape index (κ3) is 5.65. The zero-order valence-corrected chi connectivity index (χ0v) is 24.0. The summed E-state index contributed by atoms with van der Waals surface area (Å²) in [6.45, 7) is 9.10.